The molecular weight excluding hydrogens is 516 g/mol. The number of carboxylic acid groups (broad SMARTS) is 1. The first-order valence-electron chi connectivity index (χ1n) is 12.2. The number of nitrogens with two attached hydrogens (primary N) is 1. The molecule has 0 radical (unpaired) electrons. The van der Waals surface area contributed by atoms with E-state index < -0.39 is 42.5 Å². The zero-order valence-electron chi connectivity index (χ0n) is 21.3. The molecule has 15 heteroatoms. The fourth-order valence-electron chi connectivity index (χ4n) is 3.70. The van der Waals surface area contributed by atoms with E-state index in [1.54, 1.807) is 37.3 Å². The first-order chi connectivity index (χ1) is 18.7. The van der Waals surface area contributed by atoms with Gasteiger partial charge in [0.2, 0.25) is 11.8 Å². The lowest BCUT2D eigenvalue weighted by Crippen LogP contribution is -2.55. The number of nitrogens with one attached hydrogen (secondary N) is 1. The molecule has 0 bridgehead atoms. The van der Waals surface area contributed by atoms with Crippen LogP contribution >= 0.6 is 0 Å². The standard InChI is InChI=1S/C24H30N6O9/c1-2-37-24(36)39-29-12-10-28(11-13-29)23(35)17(8-9-21(32)33)26-22(34)18-14-20(38-15-19(25)31)30(27-18)16-6-4-3-5-7-16/h3-7,14,17H,2,8-13,15H2,1H3,(H2,25,31)(H,26,34)(H,32,33)/t17-/m0/s1. The number of rotatable bonds is 12. The van der Waals surface area contributed by atoms with Gasteiger partial charge in [-0.05, 0) is 25.5 Å². The summed E-state index contributed by atoms with van der Waals surface area (Å²) in [6.07, 6.45) is -1.38. The van der Waals surface area contributed by atoms with E-state index in [2.05, 4.69) is 10.4 Å². The molecule has 0 aliphatic carbocycles. The highest BCUT2D eigenvalue weighted by atomic mass is 16.8. The van der Waals surface area contributed by atoms with E-state index in [-0.39, 0.29) is 57.2 Å². The minimum Gasteiger partial charge on any atom is -0.481 e. The molecule has 210 valence electrons. The highest BCUT2D eigenvalue weighted by molar-refractivity contribution is 5.96. The molecule has 1 aromatic heterocycles. The van der Waals surface area contributed by atoms with Crippen LogP contribution in [0.5, 0.6) is 5.88 Å². The lowest BCUT2D eigenvalue weighted by Gasteiger charge is -2.35. The number of aliphatic carboxylic acids is 1. The van der Waals surface area contributed by atoms with Crippen LogP contribution < -0.4 is 15.8 Å². The summed E-state index contributed by atoms with van der Waals surface area (Å²) in [7, 11) is 0. The molecule has 39 heavy (non-hydrogen) atoms. The van der Waals surface area contributed by atoms with Gasteiger partial charge in [-0.3, -0.25) is 19.2 Å². The number of primary amides is 1. The predicted octanol–water partition coefficient (Wildman–Crippen LogP) is -0.0681. The van der Waals surface area contributed by atoms with Crippen LogP contribution in [-0.2, 0) is 24.0 Å². The van der Waals surface area contributed by atoms with Crippen LogP contribution in [0, 0.1) is 0 Å². The summed E-state index contributed by atoms with van der Waals surface area (Å²) < 4.78 is 11.4. The number of benzene rings is 1. The largest absolute Gasteiger partial charge is 0.527 e. The minimum absolute atomic E-state index is 0.0660. The second kappa shape index (κ2) is 13.8. The lowest BCUT2D eigenvalue weighted by atomic mass is 10.1. The van der Waals surface area contributed by atoms with E-state index in [1.807, 2.05) is 0 Å². The molecule has 2 aromatic rings. The molecule has 2 heterocycles. The number of amides is 3. The Bertz CT molecular complexity index is 1180. The maximum atomic E-state index is 13.2. The number of hydrogen-bond donors (Lipinski definition) is 3. The van der Waals surface area contributed by atoms with Gasteiger partial charge in [-0.25, -0.2) is 9.48 Å². The first kappa shape index (κ1) is 28.9. The zero-order valence-corrected chi connectivity index (χ0v) is 21.3. The van der Waals surface area contributed by atoms with E-state index in [4.69, 9.17) is 25.2 Å². The quantitative estimate of drug-likeness (QED) is 0.302. The molecule has 1 aromatic carbocycles. The smallest absolute Gasteiger partial charge is 0.481 e. The number of carbonyl (C=O) groups is 5. The van der Waals surface area contributed by atoms with Crippen molar-refractivity contribution in [3.63, 3.8) is 0 Å². The van der Waals surface area contributed by atoms with Gasteiger partial charge < -0.3 is 35.4 Å². The van der Waals surface area contributed by atoms with Gasteiger partial charge in [-0.1, -0.05) is 18.2 Å². The molecule has 1 saturated heterocycles. The monoisotopic (exact) mass is 546 g/mol. The molecule has 4 N–H and O–H groups in total. The van der Waals surface area contributed by atoms with E-state index >= 15 is 0 Å². The summed E-state index contributed by atoms with van der Waals surface area (Å²) in [4.78, 5) is 66.8. The van der Waals surface area contributed by atoms with Crippen LogP contribution in [0.3, 0.4) is 0 Å². The van der Waals surface area contributed by atoms with Gasteiger partial charge in [-0.15, -0.1) is 5.06 Å². The Labute approximate surface area is 223 Å². The molecular formula is C24H30N6O9. The summed E-state index contributed by atoms with van der Waals surface area (Å²) in [6.45, 7) is 2.09. The minimum atomic E-state index is -1.16. The summed E-state index contributed by atoms with van der Waals surface area (Å²) in [5, 5.41) is 17.3. The molecule has 3 amide bonds. The molecule has 3 rings (SSSR count). The molecule has 1 fully saturated rings. The lowest BCUT2D eigenvalue weighted by molar-refractivity contribution is -0.157. The number of aromatic nitrogens is 2. The Morgan fingerprint density at radius 2 is 1.79 bits per heavy atom. The Kier molecular flexibility index (Phi) is 10.2. The molecule has 1 atom stereocenters. The normalized spacial score (nSPS) is 14.2. The number of hydroxylamine groups is 2. The van der Waals surface area contributed by atoms with Gasteiger partial charge in [-0.2, -0.15) is 5.10 Å². The summed E-state index contributed by atoms with van der Waals surface area (Å²) in [6, 6.07) is 8.80. The third-order valence-electron chi connectivity index (χ3n) is 5.54. The van der Waals surface area contributed by atoms with E-state index in [0.29, 0.717) is 5.69 Å². The number of piperazine rings is 1. The predicted molar refractivity (Wildman–Crippen MR) is 133 cm³/mol. The van der Waals surface area contributed by atoms with Gasteiger partial charge in [0.1, 0.15) is 6.04 Å². The third kappa shape index (κ3) is 8.43. The summed E-state index contributed by atoms with van der Waals surface area (Å²) in [5.41, 5.74) is 5.59. The fourth-order valence-corrected chi connectivity index (χ4v) is 3.70. The van der Waals surface area contributed by atoms with Crippen molar-refractivity contribution in [3.8, 4) is 11.6 Å². The maximum absolute atomic E-state index is 13.2. The molecule has 0 unspecified atom stereocenters. The highest BCUT2D eigenvalue weighted by Gasteiger charge is 2.31. The molecule has 0 saturated carbocycles. The van der Waals surface area contributed by atoms with Gasteiger partial charge >= 0.3 is 12.1 Å². The van der Waals surface area contributed by atoms with Crippen molar-refractivity contribution >= 4 is 29.8 Å². The third-order valence-corrected chi connectivity index (χ3v) is 5.54. The highest BCUT2D eigenvalue weighted by Crippen LogP contribution is 2.20. The molecule has 0 spiro atoms. The van der Waals surface area contributed by atoms with Crippen molar-refractivity contribution < 1.29 is 43.4 Å². The van der Waals surface area contributed by atoms with Crippen LogP contribution in [0.15, 0.2) is 36.4 Å². The van der Waals surface area contributed by atoms with Crippen LogP contribution in [-0.4, -0.2) is 100 Å². The average molecular weight is 547 g/mol. The van der Waals surface area contributed by atoms with Crippen molar-refractivity contribution in [3.05, 3.63) is 42.1 Å². The average Bonchev–Trinajstić information content (AvgIpc) is 3.35. The van der Waals surface area contributed by atoms with Crippen molar-refractivity contribution in [2.24, 2.45) is 5.73 Å². The summed E-state index contributed by atoms with van der Waals surface area (Å²) >= 11 is 0. The van der Waals surface area contributed by atoms with Crippen molar-refractivity contribution in [2.45, 2.75) is 25.8 Å². The Morgan fingerprint density at radius 1 is 1.10 bits per heavy atom. The number of hydrogen-bond acceptors (Lipinski definition) is 10. The van der Waals surface area contributed by atoms with Crippen molar-refractivity contribution in [1.82, 2.24) is 25.1 Å². The topological polar surface area (TPSA) is 196 Å². The zero-order chi connectivity index (χ0) is 28.4. The first-order valence-corrected chi connectivity index (χ1v) is 12.2. The second-order valence-electron chi connectivity index (χ2n) is 8.36. The Hall–Kier alpha value is -4.66. The van der Waals surface area contributed by atoms with Gasteiger partial charge in [0, 0.05) is 25.6 Å². The number of carbonyl (C=O) groups excluding carboxylic acids is 4. The van der Waals surface area contributed by atoms with Gasteiger partial charge in [0.05, 0.1) is 25.4 Å². The van der Waals surface area contributed by atoms with E-state index in [9.17, 15) is 24.0 Å². The van der Waals surface area contributed by atoms with Crippen LogP contribution in [0.2, 0.25) is 0 Å². The van der Waals surface area contributed by atoms with Crippen LogP contribution in [0.1, 0.15) is 30.3 Å². The molecule has 15 nitrogen and oxygen atoms in total. The molecule has 1 aliphatic heterocycles. The van der Waals surface area contributed by atoms with Crippen LogP contribution in [0.4, 0.5) is 4.79 Å². The number of carboxylic acids is 1. The SMILES string of the molecule is CCOC(=O)ON1CCN(C(=O)[C@H](CCC(=O)O)NC(=O)c2cc(OCC(N)=O)n(-c3ccccc3)n2)CC1. The fraction of sp³-hybridized carbons (Fsp3) is 0.417. The van der Waals surface area contributed by atoms with Gasteiger partial charge in [0.15, 0.2) is 12.3 Å². The second-order valence-corrected chi connectivity index (χ2v) is 8.36. The summed E-state index contributed by atoms with van der Waals surface area (Å²) in [5.74, 6) is -3.04. The number of nitrogens with zero attached hydrogens (tertiary/aromatic N) is 4. The number of ether oxygens (including phenoxy) is 2. The Morgan fingerprint density at radius 3 is 2.41 bits per heavy atom. The van der Waals surface area contributed by atoms with Gasteiger partial charge in [0.25, 0.3) is 11.8 Å². The van der Waals surface area contributed by atoms with Crippen molar-refractivity contribution in [1.29, 1.82) is 0 Å². The maximum Gasteiger partial charge on any atom is 0.527 e. The van der Waals surface area contributed by atoms with Crippen LogP contribution in [0.25, 0.3) is 5.69 Å². The molecule has 1 aliphatic rings. The van der Waals surface area contributed by atoms with E-state index in [0.717, 1.165) is 0 Å². The van der Waals surface area contributed by atoms with E-state index in [1.165, 1.54) is 20.7 Å². The Balaban J connectivity index is 1.73. The van der Waals surface area contributed by atoms with Crippen molar-refractivity contribution in [2.75, 3.05) is 39.4 Å². The number of para-hydroxylation sites is 1.